The predicted molar refractivity (Wildman–Crippen MR) is 110 cm³/mol. The largest absolute Gasteiger partial charge is 0.247 e. The number of aryl methyl sites for hydroxylation is 1. The molecule has 1 atom stereocenters. The summed E-state index contributed by atoms with van der Waals surface area (Å²) in [4.78, 5) is 0. The molecular weight excluding hydrogens is 319 g/mol. The van der Waals surface area contributed by atoms with E-state index >= 15 is 0 Å². The van der Waals surface area contributed by atoms with Crippen LogP contribution >= 0.6 is 0 Å². The van der Waals surface area contributed by atoms with Crippen LogP contribution in [0.1, 0.15) is 81.8 Å². The average molecular weight is 353 g/mol. The molecule has 1 aliphatic rings. The molecule has 0 aliphatic heterocycles. The maximum absolute atomic E-state index is 14.1. The third kappa shape index (κ3) is 5.19. The van der Waals surface area contributed by atoms with Gasteiger partial charge in [0.25, 0.3) is 0 Å². The Morgan fingerprint density at radius 1 is 0.962 bits per heavy atom. The van der Waals surface area contributed by atoms with Crippen molar-refractivity contribution >= 4 is 0 Å². The summed E-state index contributed by atoms with van der Waals surface area (Å²) < 4.78 is 14.1. The Bertz CT molecular complexity index is 655. The Labute approximate surface area is 158 Å². The van der Waals surface area contributed by atoms with E-state index in [2.05, 4.69) is 55.5 Å². The number of benzene rings is 2. The second-order valence-electron chi connectivity index (χ2n) is 7.90. The van der Waals surface area contributed by atoms with Gasteiger partial charge in [0, 0.05) is 0 Å². The Hall–Kier alpha value is -1.63. The standard InChI is InChI=1S/C25H33F/c1-2-3-14-23(26)17-15-20-16-18-24(21-10-6-4-7-11-21)25(19-20)22-12-8-5-9-13-22/h4,6-7,10-11,16,18-19,22-23H,2-3,5,8-9,12-15,17H2,1H3. The van der Waals surface area contributed by atoms with Crippen LogP contribution in [0.5, 0.6) is 0 Å². The second-order valence-corrected chi connectivity index (χ2v) is 7.90. The van der Waals surface area contributed by atoms with Gasteiger partial charge in [-0.25, -0.2) is 4.39 Å². The molecule has 0 nitrogen and oxygen atoms in total. The Balaban J connectivity index is 1.80. The van der Waals surface area contributed by atoms with Crippen LogP contribution < -0.4 is 0 Å². The van der Waals surface area contributed by atoms with Crippen molar-refractivity contribution in [3.8, 4) is 11.1 Å². The van der Waals surface area contributed by atoms with E-state index in [1.54, 1.807) is 0 Å². The highest BCUT2D eigenvalue weighted by Crippen LogP contribution is 2.38. The first kappa shape index (κ1) is 19.1. The van der Waals surface area contributed by atoms with Gasteiger partial charge in [-0.1, -0.05) is 87.6 Å². The zero-order chi connectivity index (χ0) is 18.2. The molecule has 0 aromatic heterocycles. The molecule has 1 fully saturated rings. The molecular formula is C25H33F. The van der Waals surface area contributed by atoms with Crippen LogP contribution in [-0.4, -0.2) is 6.17 Å². The summed E-state index contributed by atoms with van der Waals surface area (Å²) in [6, 6.07) is 17.6. The van der Waals surface area contributed by atoms with E-state index in [1.807, 2.05) is 0 Å². The molecule has 0 N–H and O–H groups in total. The molecule has 140 valence electrons. The van der Waals surface area contributed by atoms with Gasteiger partial charge in [0.15, 0.2) is 0 Å². The summed E-state index contributed by atoms with van der Waals surface area (Å²) in [5, 5.41) is 0. The van der Waals surface area contributed by atoms with Crippen LogP contribution in [0.2, 0.25) is 0 Å². The van der Waals surface area contributed by atoms with E-state index in [0.29, 0.717) is 18.8 Å². The summed E-state index contributed by atoms with van der Waals surface area (Å²) in [5.74, 6) is 0.667. The number of hydrogen-bond acceptors (Lipinski definition) is 0. The number of alkyl halides is 1. The molecule has 3 rings (SSSR count). The molecule has 26 heavy (non-hydrogen) atoms. The summed E-state index contributed by atoms with van der Waals surface area (Å²) in [7, 11) is 0. The maximum Gasteiger partial charge on any atom is 0.100 e. The van der Waals surface area contributed by atoms with Crippen LogP contribution in [-0.2, 0) is 6.42 Å². The predicted octanol–water partition coefficient (Wildman–Crippen LogP) is 7.86. The molecule has 0 radical (unpaired) electrons. The molecule has 0 amide bonds. The van der Waals surface area contributed by atoms with Crippen molar-refractivity contribution < 1.29 is 4.39 Å². The van der Waals surface area contributed by atoms with Crippen LogP contribution in [0.25, 0.3) is 11.1 Å². The molecule has 0 saturated heterocycles. The SMILES string of the molecule is CCCCC(F)CCc1ccc(-c2ccccc2)c(C2CCCCC2)c1. The first-order chi connectivity index (χ1) is 12.8. The van der Waals surface area contributed by atoms with Crippen molar-refractivity contribution in [1.29, 1.82) is 0 Å². The lowest BCUT2D eigenvalue weighted by molar-refractivity contribution is 0.290. The smallest absolute Gasteiger partial charge is 0.100 e. The van der Waals surface area contributed by atoms with Gasteiger partial charge in [0.1, 0.15) is 6.17 Å². The molecule has 2 aromatic rings. The van der Waals surface area contributed by atoms with Crippen LogP contribution in [0.3, 0.4) is 0 Å². The number of halogens is 1. The van der Waals surface area contributed by atoms with Crippen LogP contribution in [0, 0.1) is 0 Å². The van der Waals surface area contributed by atoms with Gasteiger partial charge in [0.05, 0.1) is 0 Å². The van der Waals surface area contributed by atoms with Crippen molar-refractivity contribution in [2.45, 2.75) is 83.2 Å². The van der Waals surface area contributed by atoms with E-state index < -0.39 is 6.17 Å². The zero-order valence-electron chi connectivity index (χ0n) is 16.2. The lowest BCUT2D eigenvalue weighted by Gasteiger charge is -2.25. The second kappa shape index (κ2) is 9.90. The molecule has 2 aromatic carbocycles. The monoisotopic (exact) mass is 352 g/mol. The lowest BCUT2D eigenvalue weighted by atomic mass is 9.80. The highest BCUT2D eigenvalue weighted by atomic mass is 19.1. The highest BCUT2D eigenvalue weighted by Gasteiger charge is 2.20. The fourth-order valence-electron chi connectivity index (χ4n) is 4.29. The minimum Gasteiger partial charge on any atom is -0.247 e. The van der Waals surface area contributed by atoms with Crippen molar-refractivity contribution in [1.82, 2.24) is 0 Å². The van der Waals surface area contributed by atoms with Crippen molar-refractivity contribution in [3.05, 3.63) is 59.7 Å². The van der Waals surface area contributed by atoms with Gasteiger partial charge in [-0.15, -0.1) is 0 Å². The molecule has 1 saturated carbocycles. The first-order valence-corrected chi connectivity index (χ1v) is 10.6. The quantitative estimate of drug-likeness (QED) is 0.453. The topological polar surface area (TPSA) is 0 Å². The molecule has 0 heterocycles. The Morgan fingerprint density at radius 3 is 2.46 bits per heavy atom. The molecule has 0 spiro atoms. The van der Waals surface area contributed by atoms with Gasteiger partial charge >= 0.3 is 0 Å². The fourth-order valence-corrected chi connectivity index (χ4v) is 4.29. The first-order valence-electron chi connectivity index (χ1n) is 10.6. The molecule has 1 aliphatic carbocycles. The zero-order valence-corrected chi connectivity index (χ0v) is 16.2. The number of hydrogen-bond donors (Lipinski definition) is 0. The summed E-state index contributed by atoms with van der Waals surface area (Å²) >= 11 is 0. The normalized spacial score (nSPS) is 16.5. The third-order valence-electron chi connectivity index (χ3n) is 5.86. The van der Waals surface area contributed by atoms with E-state index in [0.717, 1.165) is 19.3 Å². The van der Waals surface area contributed by atoms with Gasteiger partial charge in [-0.05, 0) is 60.3 Å². The Morgan fingerprint density at radius 2 is 1.73 bits per heavy atom. The minimum absolute atomic E-state index is 0.651. The average Bonchev–Trinajstić information content (AvgIpc) is 2.72. The third-order valence-corrected chi connectivity index (χ3v) is 5.86. The van der Waals surface area contributed by atoms with Crippen LogP contribution in [0.15, 0.2) is 48.5 Å². The van der Waals surface area contributed by atoms with E-state index in [9.17, 15) is 4.39 Å². The molecule has 0 bridgehead atoms. The summed E-state index contributed by atoms with van der Waals surface area (Å²) in [5.41, 5.74) is 5.50. The van der Waals surface area contributed by atoms with E-state index in [-0.39, 0.29) is 0 Å². The van der Waals surface area contributed by atoms with Gasteiger partial charge in [-0.2, -0.15) is 0 Å². The van der Waals surface area contributed by atoms with Crippen LogP contribution in [0.4, 0.5) is 4.39 Å². The van der Waals surface area contributed by atoms with E-state index in [4.69, 9.17) is 0 Å². The van der Waals surface area contributed by atoms with E-state index in [1.165, 1.54) is 54.4 Å². The van der Waals surface area contributed by atoms with Crippen molar-refractivity contribution in [2.75, 3.05) is 0 Å². The summed E-state index contributed by atoms with van der Waals surface area (Å²) in [6.45, 7) is 2.13. The van der Waals surface area contributed by atoms with Gasteiger partial charge < -0.3 is 0 Å². The minimum atomic E-state index is -0.651. The van der Waals surface area contributed by atoms with Crippen molar-refractivity contribution in [3.63, 3.8) is 0 Å². The summed E-state index contributed by atoms with van der Waals surface area (Å²) in [6.07, 6.45) is 10.3. The fraction of sp³-hybridized carbons (Fsp3) is 0.520. The molecule has 1 heteroatoms. The maximum atomic E-state index is 14.1. The Kier molecular flexibility index (Phi) is 7.29. The lowest BCUT2D eigenvalue weighted by Crippen LogP contribution is -2.07. The number of rotatable bonds is 8. The van der Waals surface area contributed by atoms with Crippen molar-refractivity contribution in [2.24, 2.45) is 0 Å². The van der Waals surface area contributed by atoms with Gasteiger partial charge in [-0.3, -0.25) is 0 Å². The highest BCUT2D eigenvalue weighted by molar-refractivity contribution is 5.68. The molecule has 1 unspecified atom stereocenters. The van der Waals surface area contributed by atoms with Gasteiger partial charge in [0.2, 0.25) is 0 Å². The number of unbranched alkanes of at least 4 members (excludes halogenated alkanes) is 1.